The van der Waals surface area contributed by atoms with Gasteiger partial charge in [-0.1, -0.05) is 29.8 Å². The number of hydrogen-bond donors (Lipinski definition) is 1. The van der Waals surface area contributed by atoms with Crippen LogP contribution in [0.15, 0.2) is 42.5 Å². The Morgan fingerprint density at radius 1 is 1.17 bits per heavy atom. The van der Waals surface area contributed by atoms with Gasteiger partial charge >= 0.3 is 5.97 Å². The first-order valence-corrected chi connectivity index (χ1v) is 9.60. The minimum atomic E-state index is -0.608. The average molecular weight is 416 g/mol. The van der Waals surface area contributed by atoms with Crippen LogP contribution in [-0.2, 0) is 14.3 Å². The third-order valence-corrected chi connectivity index (χ3v) is 4.80. The van der Waals surface area contributed by atoms with Gasteiger partial charge in [0.1, 0.15) is 13.2 Å². The van der Waals surface area contributed by atoms with Crippen LogP contribution in [0, 0.1) is 6.92 Å². The van der Waals surface area contributed by atoms with E-state index in [2.05, 4.69) is 5.32 Å². The van der Waals surface area contributed by atoms with Crippen molar-refractivity contribution in [2.24, 2.45) is 0 Å². The molecule has 1 aliphatic heterocycles. The Morgan fingerprint density at radius 3 is 2.69 bits per heavy atom. The van der Waals surface area contributed by atoms with Crippen LogP contribution in [0.5, 0.6) is 11.5 Å². The summed E-state index contributed by atoms with van der Waals surface area (Å²) in [5, 5.41) is 3.41. The molecule has 0 saturated heterocycles. The van der Waals surface area contributed by atoms with Crippen LogP contribution in [0.2, 0.25) is 5.02 Å². The molecule has 6 nitrogen and oxygen atoms in total. The molecule has 0 spiro atoms. The SMILES string of the molecule is Cc1ccc(/C=C/C(=O)OCC(=O)N[C@H](C)c2ccc3c(c2)OCCO3)cc1Cl. The number of hydrogen-bond acceptors (Lipinski definition) is 5. The number of fused-ring (bicyclic) bond motifs is 1. The van der Waals surface area contributed by atoms with Crippen molar-refractivity contribution >= 4 is 29.6 Å². The number of rotatable bonds is 6. The predicted octanol–water partition coefficient (Wildman–Crippen LogP) is 3.85. The lowest BCUT2D eigenvalue weighted by Gasteiger charge is -2.21. The van der Waals surface area contributed by atoms with Crippen LogP contribution in [0.1, 0.15) is 29.7 Å². The molecule has 1 N–H and O–H groups in total. The Kier molecular flexibility index (Phi) is 6.77. The molecule has 7 heteroatoms. The van der Waals surface area contributed by atoms with Crippen molar-refractivity contribution < 1.29 is 23.8 Å². The molecule has 0 fully saturated rings. The lowest BCUT2D eigenvalue weighted by molar-refractivity contribution is -0.144. The first kappa shape index (κ1) is 20.7. The summed E-state index contributed by atoms with van der Waals surface area (Å²) in [4.78, 5) is 23.9. The van der Waals surface area contributed by atoms with Crippen molar-refractivity contribution in [2.45, 2.75) is 19.9 Å². The average Bonchev–Trinajstić information content (AvgIpc) is 2.72. The van der Waals surface area contributed by atoms with E-state index >= 15 is 0 Å². The van der Waals surface area contributed by atoms with E-state index in [4.69, 9.17) is 25.8 Å². The second-order valence-electron chi connectivity index (χ2n) is 6.64. The van der Waals surface area contributed by atoms with E-state index in [0.29, 0.717) is 29.7 Å². The van der Waals surface area contributed by atoms with Crippen LogP contribution >= 0.6 is 11.6 Å². The molecular formula is C22H22ClNO5. The fourth-order valence-electron chi connectivity index (χ4n) is 2.76. The second-order valence-corrected chi connectivity index (χ2v) is 7.05. The maximum atomic E-state index is 12.1. The molecular weight excluding hydrogens is 394 g/mol. The maximum absolute atomic E-state index is 12.1. The zero-order chi connectivity index (χ0) is 20.8. The van der Waals surface area contributed by atoms with Gasteiger partial charge in [-0.15, -0.1) is 0 Å². The van der Waals surface area contributed by atoms with Gasteiger partial charge < -0.3 is 19.5 Å². The molecule has 0 bridgehead atoms. The van der Waals surface area contributed by atoms with Crippen molar-refractivity contribution in [1.29, 1.82) is 0 Å². The number of halogens is 1. The van der Waals surface area contributed by atoms with Crippen LogP contribution in [0.3, 0.4) is 0 Å². The number of carbonyl (C=O) groups is 2. The molecule has 0 aromatic heterocycles. The highest BCUT2D eigenvalue weighted by Crippen LogP contribution is 2.32. The van der Waals surface area contributed by atoms with E-state index in [1.807, 2.05) is 44.2 Å². The van der Waals surface area contributed by atoms with Crippen LogP contribution < -0.4 is 14.8 Å². The Hall–Kier alpha value is -2.99. The lowest BCUT2D eigenvalue weighted by atomic mass is 10.1. The van der Waals surface area contributed by atoms with Gasteiger partial charge in [0, 0.05) is 11.1 Å². The van der Waals surface area contributed by atoms with Crippen LogP contribution in [-0.4, -0.2) is 31.7 Å². The largest absolute Gasteiger partial charge is 0.486 e. The van der Waals surface area contributed by atoms with Crippen molar-refractivity contribution in [3.63, 3.8) is 0 Å². The minimum absolute atomic E-state index is 0.276. The molecule has 0 unspecified atom stereocenters. The smallest absolute Gasteiger partial charge is 0.331 e. The summed E-state index contributed by atoms with van der Waals surface area (Å²) >= 11 is 6.05. The van der Waals surface area contributed by atoms with E-state index < -0.39 is 11.9 Å². The molecule has 2 aromatic rings. The zero-order valence-electron chi connectivity index (χ0n) is 16.2. The number of aryl methyl sites for hydroxylation is 1. The Labute approximate surface area is 174 Å². The first-order chi connectivity index (χ1) is 13.9. The molecule has 0 aliphatic carbocycles. The molecule has 152 valence electrons. The highest BCUT2D eigenvalue weighted by atomic mass is 35.5. The molecule has 3 rings (SSSR count). The van der Waals surface area contributed by atoms with Gasteiger partial charge in [0.2, 0.25) is 0 Å². The second kappa shape index (κ2) is 9.47. The third-order valence-electron chi connectivity index (χ3n) is 4.40. The number of ether oxygens (including phenoxy) is 3. The zero-order valence-corrected chi connectivity index (χ0v) is 17.0. The van der Waals surface area contributed by atoms with Crippen LogP contribution in [0.4, 0.5) is 0 Å². The molecule has 1 amide bonds. The normalized spacial score (nSPS) is 13.8. The van der Waals surface area contributed by atoms with E-state index in [9.17, 15) is 9.59 Å². The highest BCUT2D eigenvalue weighted by molar-refractivity contribution is 6.31. The van der Waals surface area contributed by atoms with Gasteiger partial charge in [0.25, 0.3) is 5.91 Å². The van der Waals surface area contributed by atoms with Crippen molar-refractivity contribution in [3.8, 4) is 11.5 Å². The molecule has 0 saturated carbocycles. The minimum Gasteiger partial charge on any atom is -0.486 e. The summed E-state index contributed by atoms with van der Waals surface area (Å²) in [6, 6.07) is 10.7. The lowest BCUT2D eigenvalue weighted by Crippen LogP contribution is -2.31. The number of benzene rings is 2. The Balaban J connectivity index is 1.48. The van der Waals surface area contributed by atoms with Gasteiger partial charge in [-0.2, -0.15) is 0 Å². The predicted molar refractivity (Wildman–Crippen MR) is 110 cm³/mol. The van der Waals surface area contributed by atoms with Gasteiger partial charge in [-0.05, 0) is 54.8 Å². The van der Waals surface area contributed by atoms with Crippen LogP contribution in [0.25, 0.3) is 6.08 Å². The van der Waals surface area contributed by atoms with E-state index in [1.165, 1.54) is 6.08 Å². The summed E-state index contributed by atoms with van der Waals surface area (Å²) in [6.07, 6.45) is 2.85. The van der Waals surface area contributed by atoms with E-state index in [1.54, 1.807) is 12.1 Å². The number of carbonyl (C=O) groups excluding carboxylic acids is 2. The number of esters is 1. The maximum Gasteiger partial charge on any atom is 0.331 e. The summed E-state index contributed by atoms with van der Waals surface area (Å²) in [5.41, 5.74) is 2.59. The first-order valence-electron chi connectivity index (χ1n) is 9.22. The topological polar surface area (TPSA) is 73.9 Å². The van der Waals surface area contributed by atoms with Gasteiger partial charge in [-0.3, -0.25) is 4.79 Å². The third kappa shape index (κ3) is 5.74. The molecule has 1 atom stereocenters. The summed E-state index contributed by atoms with van der Waals surface area (Å²) < 4.78 is 16.0. The Morgan fingerprint density at radius 2 is 1.93 bits per heavy atom. The van der Waals surface area contributed by atoms with Crippen molar-refractivity contribution in [1.82, 2.24) is 5.32 Å². The number of nitrogens with one attached hydrogen (secondary N) is 1. The molecule has 1 heterocycles. The van der Waals surface area contributed by atoms with Crippen molar-refractivity contribution in [2.75, 3.05) is 19.8 Å². The molecule has 1 aliphatic rings. The van der Waals surface area contributed by atoms with E-state index in [-0.39, 0.29) is 12.6 Å². The van der Waals surface area contributed by atoms with Gasteiger partial charge in [-0.25, -0.2) is 4.79 Å². The monoisotopic (exact) mass is 415 g/mol. The Bertz CT molecular complexity index is 941. The molecule has 2 aromatic carbocycles. The summed E-state index contributed by atoms with van der Waals surface area (Å²) in [5.74, 6) is 0.341. The fraction of sp³-hybridized carbons (Fsp3) is 0.273. The van der Waals surface area contributed by atoms with E-state index in [0.717, 1.165) is 16.7 Å². The fourth-order valence-corrected chi connectivity index (χ4v) is 2.95. The quantitative estimate of drug-likeness (QED) is 0.573. The van der Waals surface area contributed by atoms with Crippen molar-refractivity contribution in [3.05, 3.63) is 64.2 Å². The summed E-state index contributed by atoms with van der Waals surface area (Å²) in [6.45, 7) is 4.39. The molecule has 0 radical (unpaired) electrons. The van der Waals surface area contributed by atoms with Gasteiger partial charge in [0.15, 0.2) is 18.1 Å². The summed E-state index contributed by atoms with van der Waals surface area (Å²) in [7, 11) is 0. The number of amides is 1. The molecule has 29 heavy (non-hydrogen) atoms. The standard InChI is InChI=1S/C22H22ClNO5/c1-14-3-4-16(11-18(14)23)5-8-22(26)29-13-21(25)24-15(2)17-6-7-19-20(12-17)28-10-9-27-19/h3-8,11-12,15H,9-10,13H2,1-2H3,(H,24,25)/b8-5+/t15-/m1/s1. The highest BCUT2D eigenvalue weighted by Gasteiger charge is 2.16. The van der Waals surface area contributed by atoms with Gasteiger partial charge in [0.05, 0.1) is 6.04 Å².